The van der Waals surface area contributed by atoms with E-state index in [-0.39, 0.29) is 51.4 Å². The first-order valence-corrected chi connectivity index (χ1v) is 18.0. The topological polar surface area (TPSA) is 149 Å². The van der Waals surface area contributed by atoms with Gasteiger partial charge < -0.3 is 48.5 Å². The summed E-state index contributed by atoms with van der Waals surface area (Å²) in [4.78, 5) is 38.6. The average molecular weight is 795 g/mol. The first-order valence-electron chi connectivity index (χ1n) is 18.0. The van der Waals surface area contributed by atoms with Crippen LogP contribution in [0.5, 0.6) is 5.75 Å². The van der Waals surface area contributed by atoms with E-state index in [1.807, 2.05) is 48.5 Å². The van der Waals surface area contributed by atoms with Crippen LogP contribution in [0.3, 0.4) is 0 Å². The maximum atomic E-state index is 14.3. The zero-order chi connectivity index (χ0) is 40.1. The van der Waals surface area contributed by atoms with E-state index in [1.54, 1.807) is 7.11 Å². The molecule has 1 aliphatic rings. The molecule has 0 radical (unpaired) electrons. The number of hydrogen-bond donors (Lipinski definition) is 2. The number of halogens is 4. The lowest BCUT2D eigenvalue weighted by Crippen LogP contribution is -2.44. The normalized spacial score (nSPS) is 12.5. The first kappa shape index (κ1) is 44.1. The molecule has 4 rings (SSSR count). The molecule has 1 aliphatic carbocycles. The van der Waals surface area contributed by atoms with Gasteiger partial charge in [-0.3, -0.25) is 4.79 Å². The van der Waals surface area contributed by atoms with Crippen LogP contribution in [0.4, 0.5) is 22.4 Å². The molecule has 0 aromatic heterocycles. The van der Waals surface area contributed by atoms with Crippen molar-refractivity contribution in [2.45, 2.75) is 24.8 Å². The van der Waals surface area contributed by atoms with E-state index < -0.39 is 59.5 Å². The van der Waals surface area contributed by atoms with Crippen molar-refractivity contribution in [2.24, 2.45) is 0 Å². The van der Waals surface area contributed by atoms with Crippen molar-refractivity contribution in [1.29, 1.82) is 0 Å². The number of esters is 1. The molecule has 2 N–H and O–H groups in total. The molecule has 0 spiro atoms. The maximum absolute atomic E-state index is 14.3. The lowest BCUT2D eigenvalue weighted by molar-refractivity contribution is -0.137. The van der Waals surface area contributed by atoms with Gasteiger partial charge in [-0.2, -0.15) is 8.78 Å². The Morgan fingerprint density at radius 2 is 1.16 bits per heavy atom. The zero-order valence-electron chi connectivity index (χ0n) is 31.0. The molecule has 3 aromatic rings. The van der Waals surface area contributed by atoms with Crippen molar-refractivity contribution in [3.05, 3.63) is 89.0 Å². The smallest absolute Gasteiger partial charge is 0.407 e. The summed E-state index contributed by atoms with van der Waals surface area (Å²) in [6.45, 7) is 4.16. The third kappa shape index (κ3) is 13.8. The number of fused-ring (bicyclic) bond motifs is 3. The highest BCUT2D eigenvalue weighted by Crippen LogP contribution is 2.44. The van der Waals surface area contributed by atoms with E-state index in [0.717, 1.165) is 22.3 Å². The van der Waals surface area contributed by atoms with Gasteiger partial charge in [0.25, 0.3) is 0 Å². The fourth-order valence-electron chi connectivity index (χ4n) is 5.59. The SMILES string of the molecule is COCCOCCOCCOCCOCCOCCNC(=O)CC[C@@H](NC(=O)OCC1c2ccccc2-c2ccccc21)C(=O)Oc1c(F)c(F)cc(F)c1F. The van der Waals surface area contributed by atoms with Crippen LogP contribution in [0.2, 0.25) is 0 Å². The monoisotopic (exact) mass is 794 g/mol. The summed E-state index contributed by atoms with van der Waals surface area (Å²) in [5, 5.41) is 4.83. The van der Waals surface area contributed by atoms with Gasteiger partial charge in [-0.15, -0.1) is 0 Å². The Balaban J connectivity index is 1.18. The molecule has 0 bridgehead atoms. The van der Waals surface area contributed by atoms with E-state index >= 15 is 0 Å². The Labute approximate surface area is 321 Å². The van der Waals surface area contributed by atoms with E-state index in [4.69, 9.17) is 33.2 Å². The number of carbonyl (C=O) groups is 3. The number of alkyl carbamates (subject to hydrolysis) is 1. The van der Waals surface area contributed by atoms with Gasteiger partial charge in [-0.25, -0.2) is 18.4 Å². The number of ether oxygens (including phenoxy) is 8. The summed E-state index contributed by atoms with van der Waals surface area (Å²) < 4.78 is 98.2. The third-order valence-corrected chi connectivity index (χ3v) is 8.34. The van der Waals surface area contributed by atoms with Gasteiger partial charge in [-0.05, 0) is 28.7 Å². The Kier molecular flexibility index (Phi) is 19.0. The van der Waals surface area contributed by atoms with Gasteiger partial charge in [0, 0.05) is 32.1 Å². The van der Waals surface area contributed by atoms with E-state index in [0.29, 0.717) is 52.9 Å². The molecule has 0 heterocycles. The lowest BCUT2D eigenvalue weighted by atomic mass is 9.98. The summed E-state index contributed by atoms with van der Waals surface area (Å²) in [5.41, 5.74) is 3.80. The van der Waals surface area contributed by atoms with Gasteiger partial charge in [0.15, 0.2) is 11.6 Å². The van der Waals surface area contributed by atoms with Crippen LogP contribution in [0.15, 0.2) is 54.6 Å². The van der Waals surface area contributed by atoms with Crippen molar-refractivity contribution in [3.63, 3.8) is 0 Å². The number of amides is 2. The second kappa shape index (κ2) is 24.1. The molecule has 0 saturated heterocycles. The number of methoxy groups -OCH3 is 1. The lowest BCUT2D eigenvalue weighted by Gasteiger charge is -2.19. The second-order valence-electron chi connectivity index (χ2n) is 12.2. The van der Waals surface area contributed by atoms with Crippen LogP contribution in [0.1, 0.15) is 29.9 Å². The van der Waals surface area contributed by atoms with Crippen LogP contribution < -0.4 is 15.4 Å². The summed E-state index contributed by atoms with van der Waals surface area (Å²) in [5.74, 6) is -11.5. The molecule has 0 fully saturated rings. The molecule has 3 aromatic carbocycles. The second-order valence-corrected chi connectivity index (χ2v) is 12.2. The van der Waals surface area contributed by atoms with E-state index in [1.165, 1.54) is 0 Å². The van der Waals surface area contributed by atoms with Crippen molar-refractivity contribution in [2.75, 3.05) is 92.9 Å². The van der Waals surface area contributed by atoms with Crippen molar-refractivity contribution >= 4 is 18.0 Å². The molecule has 0 unspecified atom stereocenters. The Hall–Kier alpha value is -4.65. The minimum atomic E-state index is -1.95. The number of nitrogens with one attached hydrogen (secondary N) is 2. The van der Waals surface area contributed by atoms with Crippen molar-refractivity contribution in [3.8, 4) is 16.9 Å². The number of rotatable bonds is 26. The molecule has 56 heavy (non-hydrogen) atoms. The Morgan fingerprint density at radius 3 is 1.68 bits per heavy atom. The summed E-state index contributed by atoms with van der Waals surface area (Å²) in [6.07, 6.45) is -1.91. The van der Waals surface area contributed by atoms with Gasteiger partial charge in [-0.1, -0.05) is 48.5 Å². The summed E-state index contributed by atoms with van der Waals surface area (Å²) in [6, 6.07) is 13.4. The molecule has 306 valence electrons. The molecule has 1 atom stereocenters. The average Bonchev–Trinajstić information content (AvgIpc) is 3.52. The Morgan fingerprint density at radius 1 is 0.679 bits per heavy atom. The van der Waals surface area contributed by atoms with Crippen molar-refractivity contribution in [1.82, 2.24) is 10.6 Å². The number of hydrogen-bond acceptors (Lipinski definition) is 11. The predicted octanol–water partition coefficient (Wildman–Crippen LogP) is 4.68. The third-order valence-electron chi connectivity index (χ3n) is 8.34. The highest BCUT2D eigenvalue weighted by molar-refractivity contribution is 5.84. The molecule has 17 heteroatoms. The van der Waals surface area contributed by atoms with E-state index in [2.05, 4.69) is 15.4 Å². The largest absolute Gasteiger partial charge is 0.449 e. The fraction of sp³-hybridized carbons (Fsp3) is 0.462. The number of benzene rings is 3. The summed E-state index contributed by atoms with van der Waals surface area (Å²) >= 11 is 0. The van der Waals surface area contributed by atoms with Gasteiger partial charge >= 0.3 is 12.1 Å². The summed E-state index contributed by atoms with van der Waals surface area (Å²) in [7, 11) is 1.60. The highest BCUT2D eigenvalue weighted by Gasteiger charge is 2.32. The van der Waals surface area contributed by atoms with E-state index in [9.17, 15) is 31.9 Å². The zero-order valence-corrected chi connectivity index (χ0v) is 31.0. The molecular weight excluding hydrogens is 748 g/mol. The van der Waals surface area contributed by atoms with Crippen LogP contribution >= 0.6 is 0 Å². The molecule has 0 aliphatic heterocycles. The first-order chi connectivity index (χ1) is 27.2. The predicted molar refractivity (Wildman–Crippen MR) is 192 cm³/mol. The molecule has 13 nitrogen and oxygen atoms in total. The minimum absolute atomic E-state index is 0.0464. The van der Waals surface area contributed by atoms with Crippen LogP contribution in [0, 0.1) is 23.3 Å². The van der Waals surface area contributed by atoms with Crippen LogP contribution in [0.25, 0.3) is 11.1 Å². The fourth-order valence-corrected chi connectivity index (χ4v) is 5.59. The quantitative estimate of drug-likeness (QED) is 0.0384. The minimum Gasteiger partial charge on any atom is -0.449 e. The van der Waals surface area contributed by atoms with Gasteiger partial charge in [0.05, 0.1) is 72.7 Å². The number of carbonyl (C=O) groups excluding carboxylic acids is 3. The van der Waals surface area contributed by atoms with Gasteiger partial charge in [0.1, 0.15) is 12.6 Å². The molecular formula is C39H46F4N2O11. The molecule has 2 amide bonds. The van der Waals surface area contributed by atoms with Crippen molar-refractivity contribution < 1.29 is 69.8 Å². The maximum Gasteiger partial charge on any atom is 0.407 e. The highest BCUT2D eigenvalue weighted by atomic mass is 19.2. The van der Waals surface area contributed by atoms with Crippen LogP contribution in [-0.4, -0.2) is 117 Å². The Bertz CT molecular complexity index is 1650. The van der Waals surface area contributed by atoms with Gasteiger partial charge in [0.2, 0.25) is 23.3 Å². The molecule has 0 saturated carbocycles. The van der Waals surface area contributed by atoms with Crippen LogP contribution in [-0.2, 0) is 42.7 Å². The standard InChI is InChI=1S/C39H46F4N2O11/c1-49-14-15-51-18-19-53-22-23-54-21-20-52-17-16-50-13-12-44-34(46)11-10-33(38(47)56-37-35(42)31(40)24-32(41)36(37)43)45-39(48)55-25-30-28-8-4-2-6-26(28)27-7-3-5-9-29(27)30/h2-9,24,30,33H,10-23,25H2,1H3,(H,44,46)(H,45,48)/t33-/m1/s1.